The van der Waals surface area contributed by atoms with Gasteiger partial charge in [-0.2, -0.15) is 0 Å². The molecule has 2 nitrogen and oxygen atoms in total. The molecule has 12 heavy (non-hydrogen) atoms. The lowest BCUT2D eigenvalue weighted by Gasteiger charge is -2.11. The highest BCUT2D eigenvalue weighted by Crippen LogP contribution is 2.22. The van der Waals surface area contributed by atoms with Gasteiger partial charge in [0, 0.05) is 4.47 Å². The Balaban J connectivity index is 3.04. The predicted molar refractivity (Wildman–Crippen MR) is 52.9 cm³/mol. The third-order valence-corrected chi connectivity index (χ3v) is 2.47. The van der Waals surface area contributed by atoms with Gasteiger partial charge in [-0.15, -0.1) is 0 Å². The fourth-order valence-corrected chi connectivity index (χ4v) is 1.59. The monoisotopic (exact) mass is 229 g/mol. The lowest BCUT2D eigenvalue weighted by molar-refractivity contribution is 0.267. The van der Waals surface area contributed by atoms with E-state index in [9.17, 15) is 0 Å². The highest BCUT2D eigenvalue weighted by atomic mass is 79.9. The number of halogens is 1. The summed E-state index contributed by atoms with van der Waals surface area (Å²) in [5.74, 6) is 0. The lowest BCUT2D eigenvalue weighted by Crippen LogP contribution is -2.15. The molecule has 3 N–H and O–H groups in total. The minimum absolute atomic E-state index is 0.0257. The molecule has 0 radical (unpaired) electrons. The first-order chi connectivity index (χ1) is 5.65. The number of benzene rings is 1. The van der Waals surface area contributed by atoms with E-state index in [1.165, 1.54) is 0 Å². The first-order valence-electron chi connectivity index (χ1n) is 3.77. The number of aliphatic hydroxyl groups excluding tert-OH is 1. The SMILES string of the molecule is Cc1ccc(Br)c(C(N)CO)c1. The fraction of sp³-hybridized carbons (Fsp3) is 0.333. The average Bonchev–Trinajstić information content (AvgIpc) is 2.08. The fourth-order valence-electron chi connectivity index (χ4n) is 1.05. The Labute approximate surface area is 80.5 Å². The van der Waals surface area contributed by atoms with Crippen LogP contribution in [0.1, 0.15) is 17.2 Å². The number of aryl methyl sites for hydroxylation is 1. The highest BCUT2D eigenvalue weighted by Gasteiger charge is 2.07. The smallest absolute Gasteiger partial charge is 0.0624 e. The summed E-state index contributed by atoms with van der Waals surface area (Å²) in [6, 6.07) is 5.63. The van der Waals surface area contributed by atoms with E-state index in [0.717, 1.165) is 15.6 Å². The molecule has 0 aliphatic rings. The number of hydrogen-bond donors (Lipinski definition) is 2. The second kappa shape index (κ2) is 4.03. The molecular formula is C9H12BrNO. The number of nitrogens with two attached hydrogens (primary N) is 1. The maximum atomic E-state index is 8.86. The molecule has 1 aromatic rings. The quantitative estimate of drug-likeness (QED) is 0.812. The second-order valence-electron chi connectivity index (χ2n) is 2.81. The van der Waals surface area contributed by atoms with Gasteiger partial charge in [0.05, 0.1) is 12.6 Å². The largest absolute Gasteiger partial charge is 0.394 e. The van der Waals surface area contributed by atoms with E-state index >= 15 is 0 Å². The summed E-state index contributed by atoms with van der Waals surface area (Å²) in [5.41, 5.74) is 7.79. The molecule has 0 saturated carbocycles. The molecule has 0 aliphatic heterocycles. The van der Waals surface area contributed by atoms with Gasteiger partial charge in [-0.25, -0.2) is 0 Å². The summed E-state index contributed by atoms with van der Waals surface area (Å²) in [6.07, 6.45) is 0. The summed E-state index contributed by atoms with van der Waals surface area (Å²) < 4.78 is 0.953. The third-order valence-electron chi connectivity index (χ3n) is 1.75. The van der Waals surface area contributed by atoms with Crippen LogP contribution in [0.15, 0.2) is 22.7 Å². The predicted octanol–water partition coefficient (Wildman–Crippen LogP) is 1.75. The number of aliphatic hydroxyl groups is 1. The molecule has 0 heterocycles. The Hall–Kier alpha value is -0.380. The number of rotatable bonds is 2. The summed E-state index contributed by atoms with van der Waals surface area (Å²) >= 11 is 3.38. The van der Waals surface area contributed by atoms with Crippen molar-refractivity contribution in [1.29, 1.82) is 0 Å². The molecule has 3 heteroatoms. The van der Waals surface area contributed by atoms with E-state index in [2.05, 4.69) is 15.9 Å². The average molecular weight is 230 g/mol. The van der Waals surface area contributed by atoms with Crippen molar-refractivity contribution < 1.29 is 5.11 Å². The lowest BCUT2D eigenvalue weighted by atomic mass is 10.1. The molecule has 0 aromatic heterocycles. The van der Waals surface area contributed by atoms with Gasteiger partial charge in [0.2, 0.25) is 0 Å². The van der Waals surface area contributed by atoms with Crippen molar-refractivity contribution in [2.45, 2.75) is 13.0 Å². The summed E-state index contributed by atoms with van der Waals surface area (Å²) in [7, 11) is 0. The summed E-state index contributed by atoms with van der Waals surface area (Å²) in [5, 5.41) is 8.86. The van der Waals surface area contributed by atoms with Gasteiger partial charge >= 0.3 is 0 Å². The van der Waals surface area contributed by atoms with Crippen LogP contribution in [0.2, 0.25) is 0 Å². The van der Waals surface area contributed by atoms with E-state index < -0.39 is 0 Å². The molecule has 1 aromatic carbocycles. The van der Waals surface area contributed by atoms with E-state index in [4.69, 9.17) is 10.8 Å². The third kappa shape index (κ3) is 2.06. The van der Waals surface area contributed by atoms with Crippen molar-refractivity contribution in [2.24, 2.45) is 5.73 Å². The van der Waals surface area contributed by atoms with Gasteiger partial charge in [-0.3, -0.25) is 0 Å². The standard InChI is InChI=1S/C9H12BrNO/c1-6-2-3-8(10)7(4-6)9(11)5-12/h2-4,9,12H,5,11H2,1H3. The van der Waals surface area contributed by atoms with Gasteiger partial charge in [-0.05, 0) is 18.6 Å². The zero-order valence-corrected chi connectivity index (χ0v) is 8.51. The van der Waals surface area contributed by atoms with Gasteiger partial charge in [0.15, 0.2) is 0 Å². The first-order valence-corrected chi connectivity index (χ1v) is 4.57. The molecule has 0 fully saturated rings. The minimum Gasteiger partial charge on any atom is -0.394 e. The molecule has 1 atom stereocenters. The van der Waals surface area contributed by atoms with Crippen LogP contribution in [0, 0.1) is 6.92 Å². The topological polar surface area (TPSA) is 46.2 Å². The van der Waals surface area contributed by atoms with Crippen molar-refractivity contribution in [3.8, 4) is 0 Å². The molecular weight excluding hydrogens is 218 g/mol. The van der Waals surface area contributed by atoms with Crippen LogP contribution in [-0.2, 0) is 0 Å². The molecule has 1 unspecified atom stereocenters. The molecule has 0 aliphatic carbocycles. The molecule has 0 spiro atoms. The zero-order chi connectivity index (χ0) is 9.14. The summed E-state index contributed by atoms with van der Waals surface area (Å²) in [6.45, 7) is 1.97. The van der Waals surface area contributed by atoms with Crippen LogP contribution in [0.4, 0.5) is 0 Å². The Bertz CT molecular complexity index is 275. The Morgan fingerprint density at radius 2 is 2.25 bits per heavy atom. The van der Waals surface area contributed by atoms with Crippen LogP contribution in [0.3, 0.4) is 0 Å². The van der Waals surface area contributed by atoms with E-state index in [0.29, 0.717) is 0 Å². The van der Waals surface area contributed by atoms with Crippen molar-refractivity contribution >= 4 is 15.9 Å². The van der Waals surface area contributed by atoms with Crippen LogP contribution in [-0.4, -0.2) is 11.7 Å². The second-order valence-corrected chi connectivity index (χ2v) is 3.67. The maximum Gasteiger partial charge on any atom is 0.0624 e. The van der Waals surface area contributed by atoms with Crippen LogP contribution in [0.25, 0.3) is 0 Å². The maximum absolute atomic E-state index is 8.86. The van der Waals surface area contributed by atoms with Crippen LogP contribution >= 0.6 is 15.9 Å². The summed E-state index contributed by atoms with van der Waals surface area (Å²) in [4.78, 5) is 0. The molecule has 66 valence electrons. The van der Waals surface area contributed by atoms with Crippen molar-refractivity contribution in [1.82, 2.24) is 0 Å². The van der Waals surface area contributed by atoms with Crippen molar-refractivity contribution in [3.05, 3.63) is 33.8 Å². The van der Waals surface area contributed by atoms with Crippen molar-refractivity contribution in [3.63, 3.8) is 0 Å². The normalized spacial score (nSPS) is 13.0. The Kier molecular flexibility index (Phi) is 3.26. The van der Waals surface area contributed by atoms with Crippen molar-refractivity contribution in [2.75, 3.05) is 6.61 Å². The molecule has 0 saturated heterocycles. The van der Waals surface area contributed by atoms with E-state index in [1.54, 1.807) is 0 Å². The van der Waals surface area contributed by atoms with E-state index in [-0.39, 0.29) is 12.6 Å². The Morgan fingerprint density at radius 3 is 2.83 bits per heavy atom. The highest BCUT2D eigenvalue weighted by molar-refractivity contribution is 9.10. The van der Waals surface area contributed by atoms with Crippen LogP contribution in [0.5, 0.6) is 0 Å². The first kappa shape index (κ1) is 9.71. The molecule has 1 rings (SSSR count). The van der Waals surface area contributed by atoms with Gasteiger partial charge in [0.25, 0.3) is 0 Å². The number of hydrogen-bond acceptors (Lipinski definition) is 2. The molecule has 0 bridgehead atoms. The van der Waals surface area contributed by atoms with Gasteiger partial charge < -0.3 is 10.8 Å². The zero-order valence-electron chi connectivity index (χ0n) is 6.92. The van der Waals surface area contributed by atoms with Crippen LogP contribution < -0.4 is 5.73 Å². The Morgan fingerprint density at radius 1 is 1.58 bits per heavy atom. The van der Waals surface area contributed by atoms with E-state index in [1.807, 2.05) is 25.1 Å². The van der Waals surface area contributed by atoms with Gasteiger partial charge in [0.1, 0.15) is 0 Å². The minimum atomic E-state index is -0.292. The molecule has 0 amide bonds. The van der Waals surface area contributed by atoms with Gasteiger partial charge in [-0.1, -0.05) is 33.6 Å².